The lowest BCUT2D eigenvalue weighted by atomic mass is 9.89. The number of hydrogen-bond donors (Lipinski definition) is 2. The number of aromatic amines is 1. The van der Waals surface area contributed by atoms with Crippen LogP contribution in [0.15, 0.2) is 65.6 Å². The Kier molecular flexibility index (Phi) is 4.34. The number of nitriles is 1. The maximum Gasteiger partial charge on any atom is 0.416 e. The molecule has 0 bridgehead atoms. The molecule has 1 aliphatic rings. The highest BCUT2D eigenvalue weighted by molar-refractivity contribution is 5.65. The molecule has 2 aromatic heterocycles. The van der Waals surface area contributed by atoms with E-state index in [1.807, 2.05) is 18.2 Å². The van der Waals surface area contributed by atoms with E-state index >= 15 is 0 Å². The first-order valence-electron chi connectivity index (χ1n) is 9.88. The summed E-state index contributed by atoms with van der Waals surface area (Å²) in [6.07, 6.45) is -1.76. The topological polar surface area (TPSA) is 86.0 Å². The van der Waals surface area contributed by atoms with E-state index in [1.165, 1.54) is 22.8 Å². The molecule has 0 unspecified atom stereocenters. The van der Waals surface area contributed by atoms with Gasteiger partial charge in [0.15, 0.2) is 5.65 Å². The molecular weight excluding hydrogens is 419 g/mol. The number of fused-ring (bicyclic) bond motifs is 1. The molecule has 32 heavy (non-hydrogen) atoms. The molecule has 5 rings (SSSR count). The average Bonchev–Trinajstić information content (AvgIpc) is 3.50. The van der Waals surface area contributed by atoms with Crippen molar-refractivity contribution >= 4 is 17.0 Å². The SMILES string of the molecule is N#Cc1c(C2(c3ccc(C(F)(F)F)cc3)CC2)[nH]n2c(=O)c(Nc3ccccc3)cnc12. The van der Waals surface area contributed by atoms with Crippen LogP contribution in [0.5, 0.6) is 0 Å². The number of hydrogen-bond acceptors (Lipinski definition) is 4. The van der Waals surface area contributed by atoms with Crippen LogP contribution in [0.3, 0.4) is 0 Å². The summed E-state index contributed by atoms with van der Waals surface area (Å²) in [5, 5.41) is 15.8. The monoisotopic (exact) mass is 435 g/mol. The molecule has 0 aliphatic heterocycles. The standard InChI is InChI=1S/C23H16F3N5O/c24-23(25,26)15-8-6-14(7-9-15)22(10-11-22)19-17(12-27)20-28-13-18(21(32)31(20)30-19)29-16-4-2-1-3-5-16/h1-9,13,29-30H,10-11H2. The van der Waals surface area contributed by atoms with E-state index < -0.39 is 22.7 Å². The minimum absolute atomic E-state index is 0.185. The number of H-pyrrole nitrogens is 1. The summed E-state index contributed by atoms with van der Waals surface area (Å²) < 4.78 is 40.1. The molecule has 2 aromatic carbocycles. The van der Waals surface area contributed by atoms with Gasteiger partial charge >= 0.3 is 6.18 Å². The van der Waals surface area contributed by atoms with Crippen LogP contribution in [0.2, 0.25) is 0 Å². The van der Waals surface area contributed by atoms with Crippen LogP contribution in [-0.2, 0) is 11.6 Å². The molecule has 1 aliphatic carbocycles. The third-order valence-electron chi connectivity index (χ3n) is 5.82. The van der Waals surface area contributed by atoms with Gasteiger partial charge in [-0.2, -0.15) is 22.9 Å². The second-order valence-corrected chi connectivity index (χ2v) is 7.76. The fourth-order valence-electron chi connectivity index (χ4n) is 4.02. The van der Waals surface area contributed by atoms with Crippen molar-refractivity contribution in [3.63, 3.8) is 0 Å². The molecule has 0 atom stereocenters. The zero-order valence-electron chi connectivity index (χ0n) is 16.6. The number of alkyl halides is 3. The van der Waals surface area contributed by atoms with Gasteiger partial charge in [0.05, 0.1) is 17.5 Å². The number of halogens is 3. The predicted octanol–water partition coefficient (Wildman–Crippen LogP) is 4.74. The number of rotatable bonds is 4. The zero-order valence-corrected chi connectivity index (χ0v) is 16.6. The van der Waals surface area contributed by atoms with Gasteiger partial charge in [0.25, 0.3) is 5.56 Å². The molecule has 9 heteroatoms. The number of benzene rings is 2. The van der Waals surface area contributed by atoms with Crippen molar-refractivity contribution in [3.8, 4) is 6.07 Å². The van der Waals surface area contributed by atoms with E-state index in [0.29, 0.717) is 29.8 Å². The van der Waals surface area contributed by atoms with Crippen molar-refractivity contribution in [1.29, 1.82) is 5.26 Å². The molecule has 4 aromatic rings. The molecule has 6 nitrogen and oxygen atoms in total. The normalized spacial score (nSPS) is 14.8. The highest BCUT2D eigenvalue weighted by atomic mass is 19.4. The summed E-state index contributed by atoms with van der Waals surface area (Å²) in [5.74, 6) is 0. The van der Waals surface area contributed by atoms with Gasteiger partial charge in [-0.15, -0.1) is 0 Å². The Balaban J connectivity index is 1.59. The fraction of sp³-hybridized carbons (Fsp3) is 0.174. The summed E-state index contributed by atoms with van der Waals surface area (Å²) >= 11 is 0. The Hall–Kier alpha value is -4.06. The van der Waals surface area contributed by atoms with Gasteiger partial charge in [0.2, 0.25) is 0 Å². The first-order chi connectivity index (χ1) is 15.3. The number of nitrogens with one attached hydrogen (secondary N) is 2. The molecule has 0 spiro atoms. The number of anilines is 2. The van der Waals surface area contributed by atoms with Crippen LogP contribution in [0.25, 0.3) is 5.65 Å². The predicted molar refractivity (Wildman–Crippen MR) is 112 cm³/mol. The summed E-state index contributed by atoms with van der Waals surface area (Å²) in [5.41, 5.74) is 0.684. The lowest BCUT2D eigenvalue weighted by Crippen LogP contribution is -2.19. The lowest BCUT2D eigenvalue weighted by molar-refractivity contribution is -0.137. The average molecular weight is 435 g/mol. The second-order valence-electron chi connectivity index (χ2n) is 7.76. The van der Waals surface area contributed by atoms with Gasteiger partial charge in [-0.1, -0.05) is 30.3 Å². The van der Waals surface area contributed by atoms with E-state index in [9.17, 15) is 23.2 Å². The third-order valence-corrected chi connectivity index (χ3v) is 5.82. The molecule has 0 radical (unpaired) electrons. The van der Waals surface area contributed by atoms with E-state index in [-0.39, 0.29) is 16.9 Å². The van der Waals surface area contributed by atoms with Crippen LogP contribution in [-0.4, -0.2) is 14.6 Å². The van der Waals surface area contributed by atoms with Crippen molar-refractivity contribution in [3.05, 3.63) is 93.5 Å². The smallest absolute Gasteiger partial charge is 0.350 e. The van der Waals surface area contributed by atoms with Gasteiger partial charge in [0, 0.05) is 11.1 Å². The molecule has 1 fully saturated rings. The highest BCUT2D eigenvalue weighted by Gasteiger charge is 2.49. The summed E-state index contributed by atoms with van der Waals surface area (Å²) in [4.78, 5) is 17.4. The Morgan fingerprint density at radius 2 is 1.78 bits per heavy atom. The zero-order chi connectivity index (χ0) is 22.5. The maximum absolute atomic E-state index is 13.0. The quantitative estimate of drug-likeness (QED) is 0.485. The lowest BCUT2D eigenvalue weighted by Gasteiger charge is -2.16. The number of aromatic nitrogens is 3. The molecule has 2 N–H and O–H groups in total. The first-order valence-corrected chi connectivity index (χ1v) is 9.88. The highest BCUT2D eigenvalue weighted by Crippen LogP contribution is 2.54. The van der Waals surface area contributed by atoms with Crippen LogP contribution < -0.4 is 10.9 Å². The van der Waals surface area contributed by atoms with Crippen LogP contribution in [0.1, 0.15) is 35.2 Å². The Bertz CT molecular complexity index is 1410. The Labute approximate surface area is 179 Å². The maximum atomic E-state index is 13.0. The molecule has 0 saturated heterocycles. The second kappa shape index (κ2) is 6.99. The Morgan fingerprint density at radius 1 is 1.09 bits per heavy atom. The van der Waals surface area contributed by atoms with Gasteiger partial charge in [-0.25, -0.2) is 4.98 Å². The van der Waals surface area contributed by atoms with Crippen LogP contribution in [0.4, 0.5) is 24.5 Å². The first kappa shape index (κ1) is 19.9. The Morgan fingerprint density at radius 3 is 2.38 bits per heavy atom. The van der Waals surface area contributed by atoms with E-state index in [1.54, 1.807) is 12.1 Å². The molecule has 160 valence electrons. The third kappa shape index (κ3) is 3.12. The van der Waals surface area contributed by atoms with Gasteiger partial charge < -0.3 is 5.32 Å². The van der Waals surface area contributed by atoms with Crippen LogP contribution in [0, 0.1) is 11.3 Å². The minimum atomic E-state index is -4.42. The number of para-hydroxylation sites is 1. The van der Waals surface area contributed by atoms with Crippen molar-refractivity contribution in [2.24, 2.45) is 0 Å². The van der Waals surface area contributed by atoms with Gasteiger partial charge in [-0.05, 0) is 42.7 Å². The van der Waals surface area contributed by atoms with Crippen molar-refractivity contribution in [1.82, 2.24) is 14.6 Å². The van der Waals surface area contributed by atoms with Crippen LogP contribution >= 0.6 is 0 Å². The van der Waals surface area contributed by atoms with E-state index in [4.69, 9.17) is 0 Å². The molecular formula is C23H16F3N5O. The molecule has 2 heterocycles. The van der Waals surface area contributed by atoms with Crippen molar-refractivity contribution in [2.75, 3.05) is 5.32 Å². The minimum Gasteiger partial charge on any atom is -0.350 e. The van der Waals surface area contributed by atoms with Crippen molar-refractivity contribution < 1.29 is 13.2 Å². The summed E-state index contributed by atoms with van der Waals surface area (Å²) in [7, 11) is 0. The van der Waals surface area contributed by atoms with E-state index in [2.05, 4.69) is 21.5 Å². The summed E-state index contributed by atoms with van der Waals surface area (Å²) in [6.45, 7) is 0. The van der Waals surface area contributed by atoms with Gasteiger partial charge in [0.1, 0.15) is 17.3 Å². The number of nitrogens with zero attached hydrogens (tertiary/aromatic N) is 3. The largest absolute Gasteiger partial charge is 0.416 e. The molecule has 0 amide bonds. The summed E-state index contributed by atoms with van der Waals surface area (Å²) in [6, 6.07) is 16.2. The van der Waals surface area contributed by atoms with Gasteiger partial charge in [-0.3, -0.25) is 9.89 Å². The fourth-order valence-corrected chi connectivity index (χ4v) is 4.02. The van der Waals surface area contributed by atoms with Crippen molar-refractivity contribution in [2.45, 2.75) is 24.4 Å². The molecule has 1 saturated carbocycles. The van der Waals surface area contributed by atoms with E-state index in [0.717, 1.165) is 12.1 Å².